The second-order valence-electron chi connectivity index (χ2n) is 2.72. The van der Waals surface area contributed by atoms with Crippen LogP contribution in [0.2, 0.25) is 0 Å². The van der Waals surface area contributed by atoms with Gasteiger partial charge in [-0.1, -0.05) is 0 Å². The van der Waals surface area contributed by atoms with Crippen molar-refractivity contribution in [2.24, 2.45) is 0 Å². The first-order valence-corrected chi connectivity index (χ1v) is 5.54. The molecule has 2 N–H and O–H groups in total. The second-order valence-corrected chi connectivity index (χ2v) is 4.74. The summed E-state index contributed by atoms with van der Waals surface area (Å²) in [6, 6.07) is 6.01. The minimum atomic E-state index is 0.561. The number of anilines is 1. The van der Waals surface area contributed by atoms with Gasteiger partial charge in [0.1, 0.15) is 5.82 Å². The van der Waals surface area contributed by atoms with E-state index in [4.69, 9.17) is 5.73 Å². The number of pyridine rings is 1. The summed E-state index contributed by atoms with van der Waals surface area (Å²) in [5.41, 5.74) is 5.59. The van der Waals surface area contributed by atoms with Crippen molar-refractivity contribution in [3.05, 3.63) is 32.4 Å². The van der Waals surface area contributed by atoms with Gasteiger partial charge in [0.05, 0.1) is 0 Å². The number of benzene rings is 1. The van der Waals surface area contributed by atoms with Crippen LogP contribution in [0.3, 0.4) is 0 Å². The van der Waals surface area contributed by atoms with E-state index in [0.717, 1.165) is 15.2 Å². The average Bonchev–Trinajstić information content (AvgIpc) is 2.08. The van der Waals surface area contributed by atoms with Crippen molar-refractivity contribution >= 4 is 55.1 Å². The second kappa shape index (κ2) is 3.42. The van der Waals surface area contributed by atoms with E-state index in [1.54, 1.807) is 6.20 Å². The number of aromatic nitrogens is 1. The van der Waals surface area contributed by atoms with Crippen LogP contribution >= 0.6 is 38.5 Å². The first kappa shape index (κ1) is 9.21. The lowest BCUT2D eigenvalue weighted by Gasteiger charge is -2.01. The zero-order chi connectivity index (χ0) is 9.42. The van der Waals surface area contributed by atoms with Crippen LogP contribution in [0.25, 0.3) is 10.8 Å². The number of nitrogen functional groups attached to an aromatic ring is 1. The zero-order valence-electron chi connectivity index (χ0n) is 6.59. The van der Waals surface area contributed by atoms with E-state index in [-0.39, 0.29) is 0 Å². The molecule has 4 heteroatoms. The Bertz CT molecular complexity index is 470. The Balaban J connectivity index is 2.81. The summed E-state index contributed by atoms with van der Waals surface area (Å²) in [7, 11) is 0. The van der Waals surface area contributed by atoms with Gasteiger partial charge in [0.2, 0.25) is 0 Å². The Morgan fingerprint density at radius 1 is 1.23 bits per heavy atom. The molecule has 2 rings (SSSR count). The van der Waals surface area contributed by atoms with Gasteiger partial charge in [-0.05, 0) is 62.1 Å². The number of halogens is 2. The van der Waals surface area contributed by atoms with Crippen molar-refractivity contribution in [3.63, 3.8) is 0 Å². The van der Waals surface area contributed by atoms with Crippen molar-refractivity contribution in [2.75, 3.05) is 5.73 Å². The molecule has 13 heavy (non-hydrogen) atoms. The van der Waals surface area contributed by atoms with E-state index in [9.17, 15) is 0 Å². The van der Waals surface area contributed by atoms with Crippen LogP contribution in [0.1, 0.15) is 0 Å². The van der Waals surface area contributed by atoms with Crippen molar-refractivity contribution in [1.82, 2.24) is 4.98 Å². The molecule has 0 unspecified atom stereocenters. The SMILES string of the molecule is Nc1cc2cc(I)c(Br)cc2cn1. The van der Waals surface area contributed by atoms with Crippen molar-refractivity contribution < 1.29 is 0 Å². The third-order valence-corrected chi connectivity index (χ3v) is 4.07. The third-order valence-electron chi connectivity index (χ3n) is 1.78. The van der Waals surface area contributed by atoms with E-state index in [2.05, 4.69) is 49.6 Å². The van der Waals surface area contributed by atoms with Crippen molar-refractivity contribution in [3.8, 4) is 0 Å². The van der Waals surface area contributed by atoms with E-state index < -0.39 is 0 Å². The molecule has 1 aromatic heterocycles. The summed E-state index contributed by atoms with van der Waals surface area (Å²) in [6.07, 6.45) is 1.78. The minimum Gasteiger partial charge on any atom is -0.384 e. The highest BCUT2D eigenvalue weighted by Gasteiger charge is 2.00. The highest BCUT2D eigenvalue weighted by molar-refractivity contribution is 14.1. The molecule has 0 bridgehead atoms. The molecule has 0 amide bonds. The van der Waals surface area contributed by atoms with Crippen molar-refractivity contribution in [2.45, 2.75) is 0 Å². The molecule has 0 spiro atoms. The van der Waals surface area contributed by atoms with E-state index in [0.29, 0.717) is 5.82 Å². The molecule has 2 aromatic rings. The van der Waals surface area contributed by atoms with E-state index in [1.165, 1.54) is 3.57 Å². The fourth-order valence-corrected chi connectivity index (χ4v) is 2.01. The third kappa shape index (κ3) is 1.78. The van der Waals surface area contributed by atoms with E-state index in [1.807, 2.05) is 12.1 Å². The maximum Gasteiger partial charge on any atom is 0.123 e. The number of fused-ring (bicyclic) bond motifs is 1. The topological polar surface area (TPSA) is 38.9 Å². The quantitative estimate of drug-likeness (QED) is 0.742. The zero-order valence-corrected chi connectivity index (χ0v) is 10.3. The van der Waals surface area contributed by atoms with Crippen molar-refractivity contribution in [1.29, 1.82) is 0 Å². The lowest BCUT2D eigenvalue weighted by Crippen LogP contribution is -1.89. The van der Waals surface area contributed by atoms with Crippen LogP contribution < -0.4 is 5.73 Å². The fraction of sp³-hybridized carbons (Fsp3) is 0. The highest BCUT2D eigenvalue weighted by Crippen LogP contribution is 2.25. The molecule has 0 radical (unpaired) electrons. The molecule has 66 valence electrons. The molecule has 2 nitrogen and oxygen atoms in total. The Labute approximate surface area is 97.8 Å². The van der Waals surface area contributed by atoms with Crippen LogP contribution in [-0.4, -0.2) is 4.98 Å². The summed E-state index contributed by atoms with van der Waals surface area (Å²) in [5.74, 6) is 0.561. The Hall–Kier alpha value is -0.360. The molecule has 0 saturated carbocycles. The van der Waals surface area contributed by atoms with E-state index >= 15 is 0 Å². The predicted octanol–water partition coefficient (Wildman–Crippen LogP) is 3.18. The average molecular weight is 349 g/mol. The smallest absolute Gasteiger partial charge is 0.123 e. The highest BCUT2D eigenvalue weighted by atomic mass is 127. The number of nitrogens with two attached hydrogens (primary N) is 1. The maximum atomic E-state index is 5.59. The predicted molar refractivity (Wildman–Crippen MR) is 66.6 cm³/mol. The van der Waals surface area contributed by atoms with Crippen LogP contribution in [0, 0.1) is 3.57 Å². The van der Waals surface area contributed by atoms with Gasteiger partial charge in [-0.2, -0.15) is 0 Å². The van der Waals surface area contributed by atoms with Crippen LogP contribution in [0.5, 0.6) is 0 Å². The first-order valence-electron chi connectivity index (χ1n) is 3.67. The van der Waals surface area contributed by atoms with Gasteiger partial charge in [-0.25, -0.2) is 4.98 Å². The summed E-state index contributed by atoms with van der Waals surface area (Å²) >= 11 is 5.74. The Kier molecular flexibility index (Phi) is 2.42. The summed E-state index contributed by atoms with van der Waals surface area (Å²) in [5, 5.41) is 2.22. The normalized spacial score (nSPS) is 10.6. The Morgan fingerprint density at radius 2 is 2.00 bits per heavy atom. The molecule has 0 fully saturated rings. The molecular formula is C9H6BrIN2. The molecule has 0 aliphatic carbocycles. The Morgan fingerprint density at radius 3 is 2.77 bits per heavy atom. The lowest BCUT2D eigenvalue weighted by molar-refractivity contribution is 1.37. The number of hydrogen-bond donors (Lipinski definition) is 1. The molecule has 0 saturated heterocycles. The summed E-state index contributed by atoms with van der Waals surface area (Å²) in [6.45, 7) is 0. The van der Waals surface area contributed by atoms with Gasteiger partial charge in [0.15, 0.2) is 0 Å². The van der Waals surface area contributed by atoms with Crippen LogP contribution in [0.4, 0.5) is 5.82 Å². The monoisotopic (exact) mass is 348 g/mol. The molecule has 0 aliphatic rings. The number of nitrogens with zero attached hydrogens (tertiary/aromatic N) is 1. The van der Waals surface area contributed by atoms with Gasteiger partial charge >= 0.3 is 0 Å². The molecule has 1 heterocycles. The maximum absolute atomic E-state index is 5.59. The van der Waals surface area contributed by atoms with Gasteiger partial charge < -0.3 is 5.73 Å². The molecule has 0 atom stereocenters. The number of hydrogen-bond acceptors (Lipinski definition) is 2. The first-order chi connectivity index (χ1) is 6.16. The van der Waals surface area contributed by atoms with Gasteiger partial charge in [-0.15, -0.1) is 0 Å². The molecule has 0 aliphatic heterocycles. The molecular weight excluding hydrogens is 343 g/mol. The standard InChI is InChI=1S/C9H6BrIN2/c10-7-1-6-4-13-9(12)3-5(6)2-8(7)11/h1-4H,(H2,12,13). The number of rotatable bonds is 0. The summed E-state index contributed by atoms with van der Waals surface area (Å²) < 4.78 is 2.27. The minimum absolute atomic E-state index is 0.561. The van der Waals surface area contributed by atoms with Crippen LogP contribution in [0.15, 0.2) is 28.9 Å². The largest absolute Gasteiger partial charge is 0.384 e. The van der Waals surface area contributed by atoms with Gasteiger partial charge in [-0.3, -0.25) is 0 Å². The fourth-order valence-electron chi connectivity index (χ4n) is 1.16. The van der Waals surface area contributed by atoms with Gasteiger partial charge in [0, 0.05) is 19.6 Å². The van der Waals surface area contributed by atoms with Gasteiger partial charge in [0.25, 0.3) is 0 Å². The molecule has 1 aromatic carbocycles. The van der Waals surface area contributed by atoms with Crippen LogP contribution in [-0.2, 0) is 0 Å². The summed E-state index contributed by atoms with van der Waals surface area (Å²) in [4.78, 5) is 4.03. The lowest BCUT2D eigenvalue weighted by atomic mass is 10.2.